The van der Waals surface area contributed by atoms with E-state index in [1.807, 2.05) is 42.9 Å². The molecule has 3 aromatic heterocycles. The van der Waals surface area contributed by atoms with Crippen LogP contribution in [-0.2, 0) is 18.4 Å². The number of carbonyl (C=O) groups excluding carboxylic acids is 1. The van der Waals surface area contributed by atoms with E-state index in [1.54, 1.807) is 20.2 Å². The number of fused-ring (bicyclic) bond motifs is 3. The van der Waals surface area contributed by atoms with E-state index in [4.69, 9.17) is 5.73 Å². The number of aromatic nitrogens is 4. The van der Waals surface area contributed by atoms with E-state index in [9.17, 15) is 4.79 Å². The third-order valence-corrected chi connectivity index (χ3v) is 4.95. The number of aromatic amines is 1. The first-order valence-corrected chi connectivity index (χ1v) is 9.46. The van der Waals surface area contributed by atoms with Crippen molar-refractivity contribution in [1.29, 1.82) is 0 Å². The number of nitrogens with zero attached hydrogens (tertiary/aromatic N) is 3. The highest BCUT2D eigenvalue weighted by molar-refractivity contribution is 6.07. The van der Waals surface area contributed by atoms with Crippen LogP contribution < -0.4 is 16.4 Å². The Bertz CT molecular complexity index is 1210. The Morgan fingerprint density at radius 2 is 2.10 bits per heavy atom. The molecule has 0 atom stereocenters. The van der Waals surface area contributed by atoms with Gasteiger partial charge in [-0.2, -0.15) is 0 Å². The van der Waals surface area contributed by atoms with Gasteiger partial charge in [-0.3, -0.25) is 4.79 Å². The van der Waals surface area contributed by atoms with Gasteiger partial charge in [-0.15, -0.1) is 0 Å². The summed E-state index contributed by atoms with van der Waals surface area (Å²) in [4.78, 5) is 24.6. The quantitative estimate of drug-likeness (QED) is 0.417. The van der Waals surface area contributed by atoms with E-state index < -0.39 is 5.54 Å². The zero-order valence-corrected chi connectivity index (χ0v) is 17.0. The number of pyridine rings is 1. The van der Waals surface area contributed by atoms with Crippen molar-refractivity contribution in [3.05, 3.63) is 42.2 Å². The van der Waals surface area contributed by atoms with Crippen LogP contribution in [0.1, 0.15) is 19.4 Å². The Labute approximate surface area is 168 Å². The summed E-state index contributed by atoms with van der Waals surface area (Å²) in [5, 5.41) is 7.01. The fraction of sp³-hybridized carbons (Fsp3) is 0.286. The number of hydrogen-bond acceptors (Lipinski definition) is 5. The molecule has 29 heavy (non-hydrogen) atoms. The number of imidazole rings is 1. The number of hydrogen-bond donors (Lipinski definition) is 4. The van der Waals surface area contributed by atoms with Crippen molar-refractivity contribution in [2.75, 3.05) is 12.4 Å². The van der Waals surface area contributed by atoms with Crippen LogP contribution in [0.4, 0.5) is 5.82 Å². The van der Waals surface area contributed by atoms with Crippen LogP contribution in [0.2, 0.25) is 0 Å². The zero-order chi connectivity index (χ0) is 20.8. The number of aryl methyl sites for hydroxylation is 1. The van der Waals surface area contributed by atoms with E-state index in [-0.39, 0.29) is 5.91 Å². The first-order chi connectivity index (χ1) is 13.8. The maximum absolute atomic E-state index is 12.0. The lowest BCUT2D eigenvalue weighted by molar-refractivity contribution is -0.125. The average molecular weight is 391 g/mol. The largest absolute Gasteiger partial charge is 0.371 e. The van der Waals surface area contributed by atoms with E-state index in [1.165, 1.54) is 0 Å². The molecule has 4 rings (SSSR count). The maximum atomic E-state index is 12.0. The lowest BCUT2D eigenvalue weighted by Crippen LogP contribution is -2.48. The van der Waals surface area contributed by atoms with Crippen LogP contribution in [0.3, 0.4) is 0 Å². The smallest absolute Gasteiger partial charge is 0.239 e. The molecule has 1 aromatic carbocycles. The Hall–Kier alpha value is -3.39. The highest BCUT2D eigenvalue weighted by atomic mass is 16.2. The van der Waals surface area contributed by atoms with Gasteiger partial charge < -0.3 is 25.9 Å². The molecule has 0 aliphatic carbocycles. The van der Waals surface area contributed by atoms with Crippen molar-refractivity contribution in [3.8, 4) is 11.3 Å². The van der Waals surface area contributed by atoms with E-state index >= 15 is 0 Å². The summed E-state index contributed by atoms with van der Waals surface area (Å²) < 4.78 is 2.00. The molecule has 0 radical (unpaired) electrons. The van der Waals surface area contributed by atoms with E-state index in [2.05, 4.69) is 31.7 Å². The van der Waals surface area contributed by atoms with Crippen LogP contribution in [0.25, 0.3) is 33.3 Å². The SMILES string of the molecule is CNc1nc2[nH]c(-c3cccc(CNC(=O)C(C)(C)N)c3)cc2c2c1ncn2C. The second kappa shape index (κ2) is 6.89. The van der Waals surface area contributed by atoms with Gasteiger partial charge in [-0.05, 0) is 37.1 Å². The third-order valence-electron chi connectivity index (χ3n) is 4.95. The molecule has 1 amide bonds. The number of rotatable bonds is 5. The first-order valence-electron chi connectivity index (χ1n) is 9.46. The second-order valence-corrected chi connectivity index (χ2v) is 7.81. The monoisotopic (exact) mass is 391 g/mol. The Kier molecular flexibility index (Phi) is 4.50. The molecule has 5 N–H and O–H groups in total. The number of H-pyrrole nitrogens is 1. The van der Waals surface area contributed by atoms with Gasteiger partial charge in [0.15, 0.2) is 5.82 Å². The standard InChI is InChI=1S/C21H25N7O/c1-21(2,22)20(29)24-10-12-6-5-7-13(8-12)15-9-14-17-16(25-11-28(17)4)19(23-3)27-18(14)26-15/h5-9,11H,10,22H2,1-4H3,(H,24,29)(H2,23,26,27). The topological polar surface area (TPSA) is 114 Å². The van der Waals surface area contributed by atoms with Gasteiger partial charge >= 0.3 is 0 Å². The Balaban J connectivity index is 1.71. The molecule has 0 saturated heterocycles. The molecule has 8 nitrogen and oxygen atoms in total. The predicted molar refractivity (Wildman–Crippen MR) is 115 cm³/mol. The minimum Gasteiger partial charge on any atom is -0.371 e. The lowest BCUT2D eigenvalue weighted by atomic mass is 10.1. The van der Waals surface area contributed by atoms with Crippen molar-refractivity contribution in [1.82, 2.24) is 24.8 Å². The third kappa shape index (κ3) is 3.42. The highest BCUT2D eigenvalue weighted by Crippen LogP contribution is 2.31. The van der Waals surface area contributed by atoms with Crippen molar-refractivity contribution in [2.45, 2.75) is 25.9 Å². The van der Waals surface area contributed by atoms with Crippen molar-refractivity contribution < 1.29 is 4.79 Å². The molecule has 0 saturated carbocycles. The number of anilines is 1. The number of nitrogens with one attached hydrogen (secondary N) is 3. The number of carbonyl (C=O) groups is 1. The van der Waals surface area contributed by atoms with Crippen LogP contribution in [0.5, 0.6) is 0 Å². The molecule has 0 aliphatic heterocycles. The van der Waals surface area contributed by atoms with Gasteiger partial charge in [0.2, 0.25) is 5.91 Å². The van der Waals surface area contributed by atoms with Crippen molar-refractivity contribution in [3.63, 3.8) is 0 Å². The molecular formula is C21H25N7O. The van der Waals surface area contributed by atoms with Crippen LogP contribution in [0, 0.1) is 0 Å². The normalized spacial score (nSPS) is 11.9. The summed E-state index contributed by atoms with van der Waals surface area (Å²) in [6, 6.07) is 10.1. The first kappa shape index (κ1) is 18.9. The molecule has 0 bridgehead atoms. The molecular weight excluding hydrogens is 366 g/mol. The van der Waals surface area contributed by atoms with Gasteiger partial charge in [0.25, 0.3) is 0 Å². The van der Waals surface area contributed by atoms with Crippen LogP contribution in [0.15, 0.2) is 36.7 Å². The molecule has 0 aliphatic rings. The van der Waals surface area contributed by atoms with Gasteiger partial charge in [-0.25, -0.2) is 9.97 Å². The fourth-order valence-corrected chi connectivity index (χ4v) is 3.39. The predicted octanol–water partition coefficient (Wildman–Crippen LogP) is 2.51. The lowest BCUT2D eigenvalue weighted by Gasteiger charge is -2.17. The summed E-state index contributed by atoms with van der Waals surface area (Å²) in [7, 11) is 3.82. The van der Waals surface area contributed by atoms with E-state index in [0.29, 0.717) is 6.54 Å². The van der Waals surface area contributed by atoms with Gasteiger partial charge in [-0.1, -0.05) is 18.2 Å². The van der Waals surface area contributed by atoms with E-state index in [0.717, 1.165) is 44.7 Å². The fourth-order valence-electron chi connectivity index (χ4n) is 3.39. The molecule has 150 valence electrons. The van der Waals surface area contributed by atoms with Crippen LogP contribution >= 0.6 is 0 Å². The maximum Gasteiger partial charge on any atom is 0.239 e. The second-order valence-electron chi connectivity index (χ2n) is 7.81. The van der Waals surface area contributed by atoms with Gasteiger partial charge in [0.1, 0.15) is 11.2 Å². The number of nitrogens with two attached hydrogens (primary N) is 1. The summed E-state index contributed by atoms with van der Waals surface area (Å²) >= 11 is 0. The molecule has 3 heterocycles. The molecule has 0 unspecified atom stereocenters. The average Bonchev–Trinajstić information content (AvgIpc) is 3.28. The summed E-state index contributed by atoms with van der Waals surface area (Å²) in [6.07, 6.45) is 1.79. The minimum atomic E-state index is -0.903. The summed E-state index contributed by atoms with van der Waals surface area (Å²) in [5.41, 5.74) is 10.6. The Morgan fingerprint density at radius 1 is 1.31 bits per heavy atom. The molecule has 0 spiro atoms. The summed E-state index contributed by atoms with van der Waals surface area (Å²) in [5.74, 6) is 0.554. The molecule has 0 fully saturated rings. The Morgan fingerprint density at radius 3 is 2.83 bits per heavy atom. The van der Waals surface area contributed by atoms with Gasteiger partial charge in [0, 0.05) is 31.7 Å². The van der Waals surface area contributed by atoms with Crippen LogP contribution in [-0.4, -0.2) is 38.0 Å². The molecule has 8 heteroatoms. The molecule has 4 aromatic rings. The highest BCUT2D eigenvalue weighted by Gasteiger charge is 2.21. The number of benzene rings is 1. The van der Waals surface area contributed by atoms with Crippen molar-refractivity contribution >= 4 is 33.8 Å². The minimum absolute atomic E-state index is 0.184. The van der Waals surface area contributed by atoms with Crippen molar-refractivity contribution in [2.24, 2.45) is 12.8 Å². The van der Waals surface area contributed by atoms with Gasteiger partial charge in [0.05, 0.1) is 17.4 Å². The summed E-state index contributed by atoms with van der Waals surface area (Å²) in [6.45, 7) is 3.80. The number of amides is 1. The zero-order valence-electron chi connectivity index (χ0n) is 17.0.